The molecule has 1 N–H and O–H groups in total. The molecule has 3 rings (SSSR count). The predicted molar refractivity (Wildman–Crippen MR) is 106 cm³/mol. The lowest BCUT2D eigenvalue weighted by molar-refractivity contribution is -0.138. The Morgan fingerprint density at radius 1 is 1.31 bits per heavy atom. The molecule has 1 aromatic carbocycles. The van der Waals surface area contributed by atoms with Crippen LogP contribution in [0, 0.1) is 0 Å². The summed E-state index contributed by atoms with van der Waals surface area (Å²) in [5.74, 6) is -1.03. The van der Waals surface area contributed by atoms with Crippen LogP contribution >= 0.6 is 11.6 Å². The van der Waals surface area contributed by atoms with E-state index in [1.807, 2.05) is 0 Å². The van der Waals surface area contributed by atoms with Crippen molar-refractivity contribution in [1.29, 1.82) is 0 Å². The second-order valence-corrected chi connectivity index (χ2v) is 9.35. The van der Waals surface area contributed by atoms with Crippen molar-refractivity contribution in [1.82, 2.24) is 9.62 Å². The molecule has 2 unspecified atom stereocenters. The number of esters is 1. The number of nitrogens with zero attached hydrogens (tertiary/aromatic N) is 1. The first-order valence-electron chi connectivity index (χ1n) is 9.68. The highest BCUT2D eigenvalue weighted by molar-refractivity contribution is 7.89. The molecule has 2 fully saturated rings. The summed E-state index contributed by atoms with van der Waals surface area (Å²) >= 11 is 6.06. The van der Waals surface area contributed by atoms with Crippen LogP contribution in [0.25, 0.3) is 0 Å². The van der Waals surface area contributed by atoms with Crippen LogP contribution in [0.15, 0.2) is 23.1 Å². The van der Waals surface area contributed by atoms with Crippen LogP contribution in [-0.2, 0) is 24.3 Å². The van der Waals surface area contributed by atoms with Crippen molar-refractivity contribution in [2.75, 3.05) is 26.2 Å². The third kappa shape index (κ3) is 5.48. The number of amides is 1. The summed E-state index contributed by atoms with van der Waals surface area (Å²) in [4.78, 5) is 26.2. The van der Waals surface area contributed by atoms with Gasteiger partial charge >= 0.3 is 5.97 Å². The Hall–Kier alpha value is -1.68. The molecule has 0 radical (unpaired) electrons. The molecule has 2 aliphatic rings. The third-order valence-electron chi connectivity index (χ3n) is 5.03. The maximum atomic E-state index is 12.6. The molecule has 2 atom stereocenters. The third-order valence-corrected chi connectivity index (χ3v) is 6.94. The Bertz CT molecular complexity index is 863. The summed E-state index contributed by atoms with van der Waals surface area (Å²) in [5.41, 5.74) is 0.00737. The zero-order valence-corrected chi connectivity index (χ0v) is 17.8. The molecule has 2 saturated heterocycles. The number of rotatable bonds is 7. The molecule has 1 aromatic rings. The van der Waals surface area contributed by atoms with E-state index < -0.39 is 22.1 Å². The second-order valence-electron chi connectivity index (χ2n) is 7.21. The van der Waals surface area contributed by atoms with E-state index in [0.717, 1.165) is 31.7 Å². The van der Waals surface area contributed by atoms with E-state index in [9.17, 15) is 18.0 Å². The molecule has 2 aliphatic heterocycles. The molecule has 10 heteroatoms. The molecule has 0 aromatic heterocycles. The number of sulfonamides is 1. The lowest BCUT2D eigenvalue weighted by Gasteiger charge is -2.20. The van der Waals surface area contributed by atoms with Gasteiger partial charge < -0.3 is 14.4 Å². The lowest BCUT2D eigenvalue weighted by atomic mass is 10.2. The Morgan fingerprint density at radius 2 is 2.03 bits per heavy atom. The fourth-order valence-corrected chi connectivity index (χ4v) is 4.99. The van der Waals surface area contributed by atoms with E-state index in [4.69, 9.17) is 21.1 Å². The van der Waals surface area contributed by atoms with Gasteiger partial charge in [0.1, 0.15) is 4.90 Å². The zero-order valence-electron chi connectivity index (χ0n) is 16.2. The summed E-state index contributed by atoms with van der Waals surface area (Å²) in [5, 5.41) is -0.0115. The number of halogens is 1. The molecule has 2 heterocycles. The monoisotopic (exact) mass is 444 g/mol. The predicted octanol–water partition coefficient (Wildman–Crippen LogP) is 1.97. The fourth-order valence-electron chi connectivity index (χ4n) is 3.40. The summed E-state index contributed by atoms with van der Waals surface area (Å²) in [6.45, 7) is 3.56. The molecule has 160 valence electrons. The van der Waals surface area contributed by atoms with Gasteiger partial charge in [0.15, 0.2) is 6.10 Å². The molecule has 29 heavy (non-hydrogen) atoms. The van der Waals surface area contributed by atoms with Gasteiger partial charge in [0, 0.05) is 26.2 Å². The number of hydrogen-bond acceptors (Lipinski definition) is 6. The van der Waals surface area contributed by atoms with Crippen molar-refractivity contribution in [3.8, 4) is 0 Å². The van der Waals surface area contributed by atoms with E-state index in [1.165, 1.54) is 19.1 Å². The van der Waals surface area contributed by atoms with Crippen molar-refractivity contribution in [3.63, 3.8) is 0 Å². The van der Waals surface area contributed by atoms with Crippen molar-refractivity contribution in [3.05, 3.63) is 28.8 Å². The largest absolute Gasteiger partial charge is 0.449 e. The van der Waals surface area contributed by atoms with E-state index >= 15 is 0 Å². The van der Waals surface area contributed by atoms with Crippen molar-refractivity contribution in [2.45, 2.75) is 49.7 Å². The number of carbonyl (C=O) groups excluding carboxylic acids is 2. The Labute approximate surface area is 175 Å². The van der Waals surface area contributed by atoms with Crippen molar-refractivity contribution >= 4 is 33.5 Å². The second kappa shape index (κ2) is 9.42. The van der Waals surface area contributed by atoms with Gasteiger partial charge in [-0.05, 0) is 50.8 Å². The standard InChI is InChI=1S/C19H25ClN2O6S/c1-13(18(23)22-8-2-3-9-22)28-19(24)14-6-7-16(20)17(11-14)29(25,26)21-12-15-5-4-10-27-15/h6-7,11,13,15,21H,2-5,8-10,12H2,1H3. The average Bonchev–Trinajstić information content (AvgIpc) is 3.39. The fraction of sp³-hybridized carbons (Fsp3) is 0.579. The average molecular weight is 445 g/mol. The summed E-state index contributed by atoms with van der Waals surface area (Å²) in [6.07, 6.45) is 2.42. The topological polar surface area (TPSA) is 102 Å². The van der Waals surface area contributed by atoms with Crippen LogP contribution in [0.5, 0.6) is 0 Å². The van der Waals surface area contributed by atoms with Gasteiger partial charge in [-0.3, -0.25) is 4.79 Å². The summed E-state index contributed by atoms with van der Waals surface area (Å²) in [7, 11) is -3.94. The lowest BCUT2D eigenvalue weighted by Crippen LogP contribution is -2.38. The Balaban J connectivity index is 1.68. The van der Waals surface area contributed by atoms with Gasteiger partial charge in [-0.15, -0.1) is 0 Å². The molecule has 0 spiro atoms. The van der Waals surface area contributed by atoms with E-state index in [1.54, 1.807) is 4.90 Å². The van der Waals surface area contributed by atoms with Crippen LogP contribution in [0.1, 0.15) is 43.0 Å². The van der Waals surface area contributed by atoms with Gasteiger partial charge in [0.05, 0.1) is 16.7 Å². The van der Waals surface area contributed by atoms with Gasteiger partial charge in [-0.2, -0.15) is 0 Å². The molecule has 8 nitrogen and oxygen atoms in total. The summed E-state index contributed by atoms with van der Waals surface area (Å²) in [6, 6.07) is 3.86. The van der Waals surface area contributed by atoms with Gasteiger partial charge in [0.2, 0.25) is 10.0 Å². The van der Waals surface area contributed by atoms with Crippen molar-refractivity contribution in [2.24, 2.45) is 0 Å². The van der Waals surface area contributed by atoms with Crippen LogP contribution in [0.4, 0.5) is 0 Å². The zero-order chi connectivity index (χ0) is 21.0. The first-order valence-corrected chi connectivity index (χ1v) is 11.5. The molecular formula is C19H25ClN2O6S. The Kier molecular flexibility index (Phi) is 7.15. The van der Waals surface area contributed by atoms with Gasteiger partial charge in [0.25, 0.3) is 5.91 Å². The highest BCUT2D eigenvalue weighted by Crippen LogP contribution is 2.24. The molecule has 1 amide bonds. The number of ether oxygens (including phenoxy) is 2. The quantitative estimate of drug-likeness (QED) is 0.645. The van der Waals surface area contributed by atoms with Gasteiger partial charge in [-0.1, -0.05) is 11.6 Å². The number of hydrogen-bond donors (Lipinski definition) is 1. The molecule has 0 bridgehead atoms. The van der Waals surface area contributed by atoms with Crippen molar-refractivity contribution < 1.29 is 27.5 Å². The minimum absolute atomic E-state index is 0.00737. The summed E-state index contributed by atoms with van der Waals surface area (Å²) < 4.78 is 38.4. The first kappa shape index (κ1) is 22.0. The number of likely N-dealkylation sites (tertiary alicyclic amines) is 1. The van der Waals surface area contributed by atoms with Crippen LogP contribution < -0.4 is 4.72 Å². The Morgan fingerprint density at radius 3 is 2.69 bits per heavy atom. The van der Waals surface area contributed by atoms with Gasteiger partial charge in [-0.25, -0.2) is 17.9 Å². The minimum Gasteiger partial charge on any atom is -0.449 e. The van der Waals surface area contributed by atoms with E-state index in [0.29, 0.717) is 19.7 Å². The number of carbonyl (C=O) groups is 2. The smallest absolute Gasteiger partial charge is 0.338 e. The SMILES string of the molecule is CC(OC(=O)c1ccc(Cl)c(S(=O)(=O)NCC2CCCO2)c1)C(=O)N1CCCC1. The maximum absolute atomic E-state index is 12.6. The van der Waals surface area contributed by atoms with Crippen LogP contribution in [0.2, 0.25) is 5.02 Å². The normalized spacial score (nSPS) is 20.6. The molecular weight excluding hydrogens is 420 g/mol. The van der Waals surface area contributed by atoms with Crippen LogP contribution in [-0.4, -0.2) is 63.6 Å². The number of nitrogens with one attached hydrogen (secondary N) is 1. The molecule has 0 aliphatic carbocycles. The molecule has 0 saturated carbocycles. The van der Waals surface area contributed by atoms with E-state index in [-0.39, 0.29) is 34.0 Å². The highest BCUT2D eigenvalue weighted by atomic mass is 35.5. The minimum atomic E-state index is -3.94. The first-order chi connectivity index (χ1) is 13.8. The van der Waals surface area contributed by atoms with E-state index in [2.05, 4.69) is 4.72 Å². The number of benzene rings is 1. The highest BCUT2D eigenvalue weighted by Gasteiger charge is 2.28. The maximum Gasteiger partial charge on any atom is 0.338 e. The van der Waals surface area contributed by atoms with Crippen LogP contribution in [0.3, 0.4) is 0 Å².